The Labute approximate surface area is 197 Å². The van der Waals surface area contributed by atoms with Crippen LogP contribution in [-0.2, 0) is 19.6 Å². The summed E-state index contributed by atoms with van der Waals surface area (Å²) in [6.45, 7) is 2.74. The lowest BCUT2D eigenvalue weighted by atomic mass is 10.1. The molecular weight excluding hydrogens is 458 g/mol. The number of rotatable bonds is 6. The number of hydrogen-bond acceptors (Lipinski definition) is 5. The van der Waals surface area contributed by atoms with E-state index in [1.54, 1.807) is 29.2 Å². The number of anilines is 1. The Morgan fingerprint density at radius 3 is 2.24 bits per heavy atom. The molecule has 0 saturated carbocycles. The number of amides is 2. The van der Waals surface area contributed by atoms with Crippen LogP contribution in [0.3, 0.4) is 0 Å². The van der Waals surface area contributed by atoms with Crippen LogP contribution in [0.5, 0.6) is 0 Å². The maximum absolute atomic E-state index is 13.1. The van der Waals surface area contributed by atoms with Gasteiger partial charge in [-0.25, -0.2) is 8.42 Å². The molecule has 1 heterocycles. The van der Waals surface area contributed by atoms with E-state index in [-0.39, 0.29) is 35.6 Å². The molecule has 0 unspecified atom stereocenters. The first-order valence-corrected chi connectivity index (χ1v) is 13.0. The van der Waals surface area contributed by atoms with Crippen LogP contribution in [-0.4, -0.2) is 61.4 Å². The van der Waals surface area contributed by atoms with Crippen LogP contribution >= 0.6 is 11.8 Å². The molecule has 1 aliphatic heterocycles. The number of carbonyl (C=O) groups is 2. The van der Waals surface area contributed by atoms with Crippen molar-refractivity contribution in [2.75, 3.05) is 37.2 Å². The molecule has 0 radical (unpaired) electrons. The molecule has 2 amide bonds. The van der Waals surface area contributed by atoms with E-state index in [9.17, 15) is 18.0 Å². The molecule has 0 bridgehead atoms. The highest BCUT2D eigenvalue weighted by molar-refractivity contribution is 8.00. The second-order valence-electron chi connectivity index (χ2n) is 7.79. The predicted molar refractivity (Wildman–Crippen MR) is 131 cm³/mol. The van der Waals surface area contributed by atoms with E-state index < -0.39 is 10.0 Å². The van der Waals surface area contributed by atoms with E-state index in [0.29, 0.717) is 18.8 Å². The zero-order valence-electron chi connectivity index (χ0n) is 18.2. The van der Waals surface area contributed by atoms with E-state index in [1.807, 2.05) is 42.5 Å². The number of carbonyl (C=O) groups excluding carboxylic acids is 2. The van der Waals surface area contributed by atoms with Gasteiger partial charge in [-0.05, 0) is 47.2 Å². The Morgan fingerprint density at radius 1 is 0.909 bits per heavy atom. The molecule has 0 atom stereocenters. The highest BCUT2D eigenvalue weighted by atomic mass is 32.2. The lowest BCUT2D eigenvalue weighted by Crippen LogP contribution is -2.50. The fraction of sp³-hybridized carbons (Fsp3) is 0.250. The highest BCUT2D eigenvalue weighted by Crippen LogP contribution is 2.24. The molecule has 1 saturated heterocycles. The number of fused-ring (bicyclic) bond motifs is 1. The van der Waals surface area contributed by atoms with Crippen LogP contribution in [0.15, 0.2) is 76.5 Å². The predicted octanol–water partition coefficient (Wildman–Crippen LogP) is 3.42. The van der Waals surface area contributed by atoms with Gasteiger partial charge in [-0.3, -0.25) is 9.59 Å². The average molecular weight is 484 g/mol. The lowest BCUT2D eigenvalue weighted by molar-refractivity contribution is -0.129. The zero-order chi connectivity index (χ0) is 23.4. The van der Waals surface area contributed by atoms with Crippen LogP contribution in [0.25, 0.3) is 10.8 Å². The molecule has 1 aliphatic rings. The molecule has 7 nitrogen and oxygen atoms in total. The van der Waals surface area contributed by atoms with Crippen LogP contribution < -0.4 is 5.32 Å². The average Bonchev–Trinajstić information content (AvgIpc) is 2.83. The second-order valence-corrected chi connectivity index (χ2v) is 10.8. The summed E-state index contributed by atoms with van der Waals surface area (Å²) in [5.74, 6) is 0.123. The minimum absolute atomic E-state index is 0.0197. The van der Waals surface area contributed by atoms with Crippen molar-refractivity contribution in [3.05, 3.63) is 66.7 Å². The van der Waals surface area contributed by atoms with E-state index in [1.165, 1.54) is 23.0 Å². The topological polar surface area (TPSA) is 86.8 Å². The molecule has 0 aromatic heterocycles. The maximum atomic E-state index is 13.1. The zero-order valence-corrected chi connectivity index (χ0v) is 19.9. The van der Waals surface area contributed by atoms with Crippen LogP contribution in [0.1, 0.15) is 6.92 Å². The maximum Gasteiger partial charge on any atom is 0.243 e. The van der Waals surface area contributed by atoms with Crippen molar-refractivity contribution in [2.24, 2.45) is 0 Å². The second kappa shape index (κ2) is 9.94. The molecule has 172 valence electrons. The van der Waals surface area contributed by atoms with E-state index in [2.05, 4.69) is 5.32 Å². The summed E-state index contributed by atoms with van der Waals surface area (Å²) in [4.78, 5) is 26.7. The summed E-state index contributed by atoms with van der Waals surface area (Å²) in [5, 5.41) is 4.59. The Balaban J connectivity index is 1.32. The van der Waals surface area contributed by atoms with Gasteiger partial charge in [0.05, 0.1) is 10.6 Å². The normalized spacial score (nSPS) is 14.9. The number of nitrogens with one attached hydrogen (secondary N) is 1. The van der Waals surface area contributed by atoms with Crippen molar-refractivity contribution in [1.82, 2.24) is 9.21 Å². The first-order chi connectivity index (χ1) is 15.8. The quantitative estimate of drug-likeness (QED) is 0.543. The van der Waals surface area contributed by atoms with Crippen molar-refractivity contribution in [3.63, 3.8) is 0 Å². The van der Waals surface area contributed by atoms with Crippen molar-refractivity contribution in [3.8, 4) is 0 Å². The lowest BCUT2D eigenvalue weighted by Gasteiger charge is -2.34. The SMILES string of the molecule is CC(=O)Nc1ccc(SCC(=O)N2CCN(S(=O)(=O)c3ccc4ccccc4c3)CC2)cc1. The number of nitrogens with zero attached hydrogens (tertiary/aromatic N) is 2. The first-order valence-electron chi connectivity index (χ1n) is 10.6. The molecule has 1 N–H and O–H groups in total. The molecule has 33 heavy (non-hydrogen) atoms. The molecule has 1 fully saturated rings. The largest absolute Gasteiger partial charge is 0.339 e. The van der Waals surface area contributed by atoms with Crippen LogP contribution in [0, 0.1) is 0 Å². The third-order valence-corrected chi connectivity index (χ3v) is 8.38. The van der Waals surface area contributed by atoms with Gasteiger partial charge >= 0.3 is 0 Å². The number of thioether (sulfide) groups is 1. The Bertz CT molecular complexity index is 1270. The van der Waals surface area contributed by atoms with Crippen molar-refractivity contribution in [1.29, 1.82) is 0 Å². The summed E-state index contributed by atoms with van der Waals surface area (Å²) in [6.07, 6.45) is 0. The number of hydrogen-bond donors (Lipinski definition) is 1. The fourth-order valence-corrected chi connectivity index (χ4v) is 5.99. The van der Waals surface area contributed by atoms with Gasteiger partial charge in [0.15, 0.2) is 0 Å². The minimum Gasteiger partial charge on any atom is -0.339 e. The Morgan fingerprint density at radius 2 is 1.58 bits per heavy atom. The van der Waals surface area contributed by atoms with Crippen LogP contribution in [0.2, 0.25) is 0 Å². The van der Waals surface area contributed by atoms with E-state index in [0.717, 1.165) is 15.7 Å². The third kappa shape index (κ3) is 5.55. The van der Waals surface area contributed by atoms with Crippen LogP contribution in [0.4, 0.5) is 5.69 Å². The van der Waals surface area contributed by atoms with E-state index >= 15 is 0 Å². The molecule has 3 aromatic rings. The molecule has 4 rings (SSSR count). The van der Waals surface area contributed by atoms with Crippen molar-refractivity contribution >= 4 is 50.1 Å². The Kier molecular flexibility index (Phi) is 7.02. The molecule has 3 aromatic carbocycles. The smallest absolute Gasteiger partial charge is 0.243 e. The summed E-state index contributed by atoms with van der Waals surface area (Å²) < 4.78 is 27.7. The molecule has 9 heteroatoms. The van der Waals surface area contributed by atoms with E-state index in [4.69, 9.17) is 0 Å². The standard InChI is InChI=1S/C24H25N3O4S2/c1-18(28)25-21-7-9-22(10-8-21)32-17-24(29)26-12-14-27(15-13-26)33(30,31)23-11-6-19-4-2-3-5-20(19)16-23/h2-11,16H,12-15,17H2,1H3,(H,25,28). The number of benzene rings is 3. The number of sulfonamides is 1. The molecule has 0 aliphatic carbocycles. The van der Waals surface area contributed by atoms with Gasteiger partial charge in [0.1, 0.15) is 0 Å². The van der Waals surface area contributed by atoms with Gasteiger partial charge in [0.2, 0.25) is 21.8 Å². The summed E-state index contributed by atoms with van der Waals surface area (Å²) in [7, 11) is -3.61. The third-order valence-electron chi connectivity index (χ3n) is 5.49. The van der Waals surface area contributed by atoms with Gasteiger partial charge < -0.3 is 10.2 Å². The molecule has 0 spiro atoms. The van der Waals surface area contributed by atoms with Gasteiger partial charge in [-0.15, -0.1) is 11.8 Å². The van der Waals surface area contributed by atoms with Gasteiger partial charge in [-0.1, -0.05) is 30.3 Å². The summed E-state index contributed by atoms with van der Waals surface area (Å²) in [5.41, 5.74) is 0.710. The van der Waals surface area contributed by atoms with Gasteiger partial charge in [-0.2, -0.15) is 4.31 Å². The minimum atomic E-state index is -3.61. The molecular formula is C24H25N3O4S2. The van der Waals surface area contributed by atoms with Crippen molar-refractivity contribution in [2.45, 2.75) is 16.7 Å². The first kappa shape index (κ1) is 23.3. The van der Waals surface area contributed by atoms with Gasteiger partial charge in [0, 0.05) is 43.7 Å². The van der Waals surface area contributed by atoms with Crippen molar-refractivity contribution < 1.29 is 18.0 Å². The summed E-state index contributed by atoms with van der Waals surface area (Å²) >= 11 is 1.42. The Hall–Kier alpha value is -2.88. The van der Waals surface area contributed by atoms with Gasteiger partial charge in [0.25, 0.3) is 0 Å². The highest BCUT2D eigenvalue weighted by Gasteiger charge is 2.30. The monoisotopic (exact) mass is 483 g/mol. The fourth-order valence-electron chi connectivity index (χ4n) is 3.73. The summed E-state index contributed by atoms with van der Waals surface area (Å²) in [6, 6.07) is 20.1. The number of piperazine rings is 1.